The summed E-state index contributed by atoms with van der Waals surface area (Å²) >= 11 is 7.24. The highest BCUT2D eigenvalue weighted by molar-refractivity contribution is 8.00. The van der Waals surface area contributed by atoms with Gasteiger partial charge in [-0.25, -0.2) is 4.98 Å². The first kappa shape index (κ1) is 16.9. The Morgan fingerprint density at radius 3 is 2.79 bits per heavy atom. The summed E-state index contributed by atoms with van der Waals surface area (Å²) in [6.07, 6.45) is 2.36. The molecule has 126 valence electrons. The van der Waals surface area contributed by atoms with E-state index in [9.17, 15) is 4.79 Å². The zero-order valence-corrected chi connectivity index (χ0v) is 14.7. The lowest BCUT2D eigenvalue weighted by atomic mass is 10.3. The van der Waals surface area contributed by atoms with E-state index in [4.69, 9.17) is 21.1 Å². The highest BCUT2D eigenvalue weighted by Gasteiger charge is 2.17. The molecule has 0 aliphatic carbocycles. The van der Waals surface area contributed by atoms with Crippen LogP contribution in [0.2, 0.25) is 5.02 Å². The van der Waals surface area contributed by atoms with Crippen molar-refractivity contribution in [1.82, 2.24) is 4.98 Å². The largest absolute Gasteiger partial charge is 0.490 e. The lowest BCUT2D eigenvalue weighted by molar-refractivity contribution is -0.115. The smallest absolute Gasteiger partial charge is 0.238 e. The molecule has 2 heterocycles. The molecule has 3 rings (SSSR count). The molecule has 5 nitrogen and oxygen atoms in total. The van der Waals surface area contributed by atoms with E-state index in [1.54, 1.807) is 12.1 Å². The second-order valence-corrected chi connectivity index (χ2v) is 7.12. The molecule has 1 aliphatic heterocycles. The molecule has 1 atom stereocenters. The lowest BCUT2D eigenvalue weighted by Gasteiger charge is -2.13. The van der Waals surface area contributed by atoms with Crippen molar-refractivity contribution in [2.24, 2.45) is 0 Å². The van der Waals surface area contributed by atoms with Crippen LogP contribution >= 0.6 is 23.4 Å². The van der Waals surface area contributed by atoms with E-state index in [-0.39, 0.29) is 11.2 Å². The molecule has 0 radical (unpaired) electrons. The Morgan fingerprint density at radius 2 is 2.04 bits per heavy atom. The normalized spacial score (nSPS) is 14.6. The number of halogens is 1. The van der Waals surface area contributed by atoms with Gasteiger partial charge in [0.05, 0.1) is 23.5 Å². The van der Waals surface area contributed by atoms with Gasteiger partial charge in [-0.3, -0.25) is 4.79 Å². The number of nitrogens with zero attached hydrogens (tertiary/aromatic N) is 1. The Labute approximate surface area is 149 Å². The lowest BCUT2D eigenvalue weighted by Crippen LogP contribution is -2.22. The summed E-state index contributed by atoms with van der Waals surface area (Å²) in [7, 11) is 0. The van der Waals surface area contributed by atoms with Crippen molar-refractivity contribution in [3.05, 3.63) is 41.6 Å². The molecule has 1 N–H and O–H groups in total. The maximum atomic E-state index is 12.3. The number of hydrogen-bond acceptors (Lipinski definition) is 5. The molecule has 0 spiro atoms. The average molecular weight is 365 g/mol. The van der Waals surface area contributed by atoms with E-state index in [0.717, 1.165) is 22.8 Å². The number of carbonyl (C=O) groups excluding carboxylic acids is 1. The van der Waals surface area contributed by atoms with Gasteiger partial charge in [-0.2, -0.15) is 0 Å². The maximum absolute atomic E-state index is 12.3. The molecule has 1 aromatic heterocycles. The van der Waals surface area contributed by atoms with Crippen molar-refractivity contribution in [3.63, 3.8) is 0 Å². The van der Waals surface area contributed by atoms with Crippen LogP contribution in [0, 0.1) is 0 Å². The van der Waals surface area contributed by atoms with E-state index in [2.05, 4.69) is 10.3 Å². The number of nitrogens with one attached hydrogen (secondary N) is 1. The third kappa shape index (κ3) is 4.33. The highest BCUT2D eigenvalue weighted by atomic mass is 35.5. The van der Waals surface area contributed by atoms with Gasteiger partial charge in [0.25, 0.3) is 0 Å². The molecule has 1 amide bonds. The number of benzene rings is 1. The number of thioether (sulfide) groups is 1. The van der Waals surface area contributed by atoms with Gasteiger partial charge in [0.15, 0.2) is 11.5 Å². The van der Waals surface area contributed by atoms with Gasteiger partial charge in [-0.1, -0.05) is 11.6 Å². The fraction of sp³-hybridized carbons (Fsp3) is 0.294. The zero-order chi connectivity index (χ0) is 16.9. The minimum Gasteiger partial charge on any atom is -0.490 e. The van der Waals surface area contributed by atoms with Gasteiger partial charge < -0.3 is 14.8 Å². The molecule has 24 heavy (non-hydrogen) atoms. The number of amides is 1. The molecule has 1 unspecified atom stereocenters. The van der Waals surface area contributed by atoms with Crippen LogP contribution in [0.15, 0.2) is 41.4 Å². The Bertz CT molecular complexity index is 724. The zero-order valence-electron chi connectivity index (χ0n) is 13.1. The minimum absolute atomic E-state index is 0.123. The number of carbonyl (C=O) groups is 1. The van der Waals surface area contributed by atoms with Crippen molar-refractivity contribution in [1.29, 1.82) is 0 Å². The van der Waals surface area contributed by atoms with Gasteiger partial charge in [-0.05, 0) is 37.3 Å². The molecule has 2 aromatic rings. The number of anilines is 1. The van der Waals surface area contributed by atoms with Crippen LogP contribution in [0.25, 0.3) is 0 Å². The standard InChI is InChI=1S/C17H17ClN2O3S/c1-11(17(21)20-16-6-3-12(18)10-19-16)24-13-4-5-14-15(9-13)23-8-2-7-22-14/h3-6,9-11H,2,7-8H2,1H3,(H,19,20,21). The average Bonchev–Trinajstić information content (AvgIpc) is 2.81. The molecular formula is C17H17ClN2O3S. The van der Waals surface area contributed by atoms with E-state index in [1.807, 2.05) is 25.1 Å². The molecule has 0 fully saturated rings. The van der Waals surface area contributed by atoms with Crippen molar-refractivity contribution in [2.75, 3.05) is 18.5 Å². The second kappa shape index (κ2) is 7.77. The maximum Gasteiger partial charge on any atom is 0.238 e. The summed E-state index contributed by atoms with van der Waals surface area (Å²) in [6.45, 7) is 3.14. The third-order valence-electron chi connectivity index (χ3n) is 3.38. The van der Waals surface area contributed by atoms with E-state index >= 15 is 0 Å². The summed E-state index contributed by atoms with van der Waals surface area (Å²) in [4.78, 5) is 17.3. The number of ether oxygens (including phenoxy) is 2. The van der Waals surface area contributed by atoms with Crippen LogP contribution in [-0.2, 0) is 4.79 Å². The number of pyridine rings is 1. The van der Waals surface area contributed by atoms with Crippen molar-refractivity contribution < 1.29 is 14.3 Å². The molecule has 7 heteroatoms. The van der Waals surface area contributed by atoms with Gasteiger partial charge >= 0.3 is 0 Å². The van der Waals surface area contributed by atoms with Crippen molar-refractivity contribution in [2.45, 2.75) is 23.5 Å². The number of rotatable bonds is 4. The second-order valence-electron chi connectivity index (χ2n) is 5.27. The molecule has 0 saturated heterocycles. The Morgan fingerprint density at radius 1 is 1.25 bits per heavy atom. The first-order chi connectivity index (χ1) is 11.6. The van der Waals surface area contributed by atoms with Gasteiger partial charge in [0.1, 0.15) is 5.82 Å². The Balaban J connectivity index is 1.63. The first-order valence-corrected chi connectivity index (χ1v) is 8.86. The van der Waals surface area contributed by atoms with Crippen LogP contribution < -0.4 is 14.8 Å². The number of fused-ring (bicyclic) bond motifs is 1. The van der Waals surface area contributed by atoms with Crippen LogP contribution in [0.5, 0.6) is 11.5 Å². The Kier molecular flexibility index (Phi) is 5.48. The molecule has 1 aliphatic rings. The number of aromatic nitrogens is 1. The van der Waals surface area contributed by atoms with Crippen LogP contribution in [0.3, 0.4) is 0 Å². The van der Waals surface area contributed by atoms with Crippen LogP contribution in [0.4, 0.5) is 5.82 Å². The number of hydrogen-bond donors (Lipinski definition) is 1. The predicted molar refractivity (Wildman–Crippen MR) is 95.2 cm³/mol. The SMILES string of the molecule is CC(Sc1ccc2c(c1)OCCCO2)C(=O)Nc1ccc(Cl)cn1. The van der Waals surface area contributed by atoms with Gasteiger partial charge in [-0.15, -0.1) is 11.8 Å². The molecule has 1 aromatic carbocycles. The van der Waals surface area contributed by atoms with Gasteiger partial charge in [0.2, 0.25) is 5.91 Å². The quantitative estimate of drug-likeness (QED) is 0.830. The minimum atomic E-state index is -0.285. The Hall–Kier alpha value is -1.92. The molecular weight excluding hydrogens is 348 g/mol. The monoisotopic (exact) mass is 364 g/mol. The summed E-state index contributed by atoms with van der Waals surface area (Å²) in [6, 6.07) is 9.09. The predicted octanol–water partition coefficient (Wildman–Crippen LogP) is 4.02. The topological polar surface area (TPSA) is 60.5 Å². The highest BCUT2D eigenvalue weighted by Crippen LogP contribution is 2.35. The van der Waals surface area contributed by atoms with Crippen molar-refractivity contribution >= 4 is 35.1 Å². The van der Waals surface area contributed by atoms with E-state index < -0.39 is 0 Å². The molecule has 0 bridgehead atoms. The third-order valence-corrected chi connectivity index (χ3v) is 4.70. The van der Waals surface area contributed by atoms with Crippen LogP contribution in [0.1, 0.15) is 13.3 Å². The van der Waals surface area contributed by atoms with Crippen molar-refractivity contribution in [3.8, 4) is 11.5 Å². The summed E-state index contributed by atoms with van der Waals surface area (Å²) in [5.74, 6) is 1.83. The van der Waals surface area contributed by atoms with E-state index in [1.165, 1.54) is 18.0 Å². The summed E-state index contributed by atoms with van der Waals surface area (Å²) in [5, 5.41) is 3.02. The fourth-order valence-corrected chi connectivity index (χ4v) is 3.16. The van der Waals surface area contributed by atoms with E-state index in [0.29, 0.717) is 24.1 Å². The first-order valence-electron chi connectivity index (χ1n) is 7.60. The summed E-state index contributed by atoms with van der Waals surface area (Å²) < 4.78 is 11.3. The molecule has 0 saturated carbocycles. The fourth-order valence-electron chi connectivity index (χ4n) is 2.15. The van der Waals surface area contributed by atoms with Gasteiger partial charge in [0, 0.05) is 17.5 Å². The summed E-state index contributed by atoms with van der Waals surface area (Å²) in [5.41, 5.74) is 0. The van der Waals surface area contributed by atoms with Crippen LogP contribution in [-0.4, -0.2) is 29.4 Å².